The minimum absolute atomic E-state index is 0.209. The summed E-state index contributed by atoms with van der Waals surface area (Å²) in [5.41, 5.74) is 6.32. The molecule has 0 bridgehead atoms. The van der Waals surface area contributed by atoms with Gasteiger partial charge in [-0.3, -0.25) is 4.98 Å². The van der Waals surface area contributed by atoms with E-state index in [4.69, 9.17) is 10.5 Å². The first kappa shape index (κ1) is 14.5. The Morgan fingerprint density at radius 2 is 2.11 bits per heavy atom. The van der Waals surface area contributed by atoms with Crippen molar-refractivity contribution in [2.24, 2.45) is 5.73 Å². The summed E-state index contributed by atoms with van der Waals surface area (Å²) >= 11 is 0. The molecule has 1 spiro atoms. The maximum absolute atomic E-state index is 6.05. The molecule has 2 aliphatic rings. The largest absolute Gasteiger partial charge is 0.375 e. The summed E-state index contributed by atoms with van der Waals surface area (Å²) in [5, 5.41) is 0. The second-order valence-corrected chi connectivity index (χ2v) is 5.59. The summed E-state index contributed by atoms with van der Waals surface area (Å²) in [6.07, 6.45) is 9.44. The highest BCUT2D eigenvalue weighted by atomic mass is 16.5. The zero-order chi connectivity index (χ0) is 13.6. The molecule has 3 nitrogen and oxygen atoms in total. The Kier molecular flexibility index (Phi) is 5.34. The molecule has 0 amide bonds. The first-order valence-electron chi connectivity index (χ1n) is 7.54. The van der Waals surface area contributed by atoms with E-state index in [0.29, 0.717) is 5.92 Å². The highest BCUT2D eigenvalue weighted by Crippen LogP contribution is 2.44. The van der Waals surface area contributed by atoms with Crippen LogP contribution < -0.4 is 5.73 Å². The van der Waals surface area contributed by atoms with Gasteiger partial charge in [-0.05, 0) is 44.4 Å². The van der Waals surface area contributed by atoms with Gasteiger partial charge < -0.3 is 10.5 Å². The molecule has 1 saturated carbocycles. The quantitative estimate of drug-likeness (QED) is 0.845. The smallest absolute Gasteiger partial charge is 0.0689 e. The van der Waals surface area contributed by atoms with Gasteiger partial charge in [0.25, 0.3) is 0 Å². The van der Waals surface area contributed by atoms with E-state index in [1.165, 1.54) is 37.8 Å². The van der Waals surface area contributed by atoms with Gasteiger partial charge >= 0.3 is 0 Å². The lowest BCUT2D eigenvalue weighted by Gasteiger charge is -2.38. The number of hydrogen-bond donors (Lipinski definition) is 1. The van der Waals surface area contributed by atoms with Gasteiger partial charge in [0.05, 0.1) is 5.60 Å². The van der Waals surface area contributed by atoms with Crippen LogP contribution in [0.15, 0.2) is 24.4 Å². The van der Waals surface area contributed by atoms with Crippen LogP contribution in [-0.4, -0.2) is 23.7 Å². The first-order chi connectivity index (χ1) is 9.29. The van der Waals surface area contributed by atoms with Crippen molar-refractivity contribution in [3.8, 4) is 0 Å². The molecule has 2 fully saturated rings. The van der Waals surface area contributed by atoms with Crippen molar-refractivity contribution in [2.75, 3.05) is 13.2 Å². The predicted molar refractivity (Wildman–Crippen MR) is 78.1 cm³/mol. The molecule has 106 valence electrons. The lowest BCUT2D eigenvalue weighted by atomic mass is 9.83. The third kappa shape index (κ3) is 3.77. The standard InChI is InChI=1S/C14H19NO.C2H7N/c1-4-9-15-13(5-1)12-6-10-16-14(11-12)7-2-3-8-14;1-2-3/h1,4-5,9,12H,2-3,6-8,10-11H2;2-3H2,1H3. The summed E-state index contributed by atoms with van der Waals surface area (Å²) in [6.45, 7) is 3.57. The lowest BCUT2D eigenvalue weighted by Crippen LogP contribution is -2.36. The van der Waals surface area contributed by atoms with E-state index < -0.39 is 0 Å². The van der Waals surface area contributed by atoms with Crippen LogP contribution >= 0.6 is 0 Å². The zero-order valence-corrected chi connectivity index (χ0v) is 12.0. The number of rotatable bonds is 1. The number of nitrogens with zero attached hydrogens (tertiary/aromatic N) is 1. The summed E-state index contributed by atoms with van der Waals surface area (Å²) < 4.78 is 6.05. The predicted octanol–water partition coefficient (Wildman–Crippen LogP) is 3.25. The number of ether oxygens (including phenoxy) is 1. The van der Waals surface area contributed by atoms with E-state index in [1.807, 2.05) is 19.2 Å². The molecule has 2 N–H and O–H groups in total. The Balaban J connectivity index is 0.000000408. The normalized spacial score (nSPS) is 24.8. The molecular formula is C16H26N2O. The third-order valence-electron chi connectivity index (χ3n) is 4.11. The molecule has 1 aromatic heterocycles. The van der Waals surface area contributed by atoms with Gasteiger partial charge in [0.1, 0.15) is 0 Å². The molecule has 1 aromatic rings. The van der Waals surface area contributed by atoms with E-state index in [9.17, 15) is 0 Å². The monoisotopic (exact) mass is 262 g/mol. The molecule has 0 aromatic carbocycles. The molecule has 1 aliphatic heterocycles. The van der Waals surface area contributed by atoms with Crippen LogP contribution in [0.1, 0.15) is 57.1 Å². The van der Waals surface area contributed by atoms with Gasteiger partial charge in [-0.2, -0.15) is 0 Å². The summed E-state index contributed by atoms with van der Waals surface area (Å²) in [6, 6.07) is 6.26. The Hall–Kier alpha value is -0.930. The van der Waals surface area contributed by atoms with Crippen molar-refractivity contribution in [2.45, 2.75) is 57.0 Å². The summed E-state index contributed by atoms with van der Waals surface area (Å²) in [4.78, 5) is 4.50. The van der Waals surface area contributed by atoms with Crippen LogP contribution in [0.3, 0.4) is 0 Å². The molecule has 0 radical (unpaired) electrons. The topological polar surface area (TPSA) is 48.1 Å². The van der Waals surface area contributed by atoms with Crippen molar-refractivity contribution in [1.29, 1.82) is 0 Å². The second kappa shape index (κ2) is 7.01. The summed E-state index contributed by atoms with van der Waals surface area (Å²) in [5.74, 6) is 0.619. The van der Waals surface area contributed by atoms with Crippen molar-refractivity contribution >= 4 is 0 Å². The number of nitrogens with two attached hydrogens (primary N) is 1. The lowest BCUT2D eigenvalue weighted by molar-refractivity contribution is -0.0809. The maximum Gasteiger partial charge on any atom is 0.0689 e. The van der Waals surface area contributed by atoms with Gasteiger partial charge in [-0.1, -0.05) is 25.8 Å². The van der Waals surface area contributed by atoms with E-state index in [-0.39, 0.29) is 5.60 Å². The number of pyridine rings is 1. The molecule has 2 heterocycles. The van der Waals surface area contributed by atoms with Gasteiger partial charge in [0.15, 0.2) is 0 Å². The Labute approximate surface area is 116 Å². The van der Waals surface area contributed by atoms with Crippen LogP contribution in [0.5, 0.6) is 0 Å². The molecule has 3 heteroatoms. The molecule has 1 saturated heterocycles. The van der Waals surface area contributed by atoms with E-state index in [2.05, 4.69) is 17.1 Å². The van der Waals surface area contributed by atoms with Crippen LogP contribution in [0, 0.1) is 0 Å². The van der Waals surface area contributed by atoms with E-state index in [1.54, 1.807) is 0 Å². The Morgan fingerprint density at radius 1 is 1.37 bits per heavy atom. The SMILES string of the molecule is CCN.c1ccc(C2CCOC3(CCCC3)C2)nc1. The summed E-state index contributed by atoms with van der Waals surface area (Å²) in [7, 11) is 0. The van der Waals surface area contributed by atoms with E-state index in [0.717, 1.165) is 19.6 Å². The van der Waals surface area contributed by atoms with Crippen LogP contribution in [0.25, 0.3) is 0 Å². The minimum atomic E-state index is 0.209. The van der Waals surface area contributed by atoms with Gasteiger partial charge in [0, 0.05) is 24.4 Å². The first-order valence-corrected chi connectivity index (χ1v) is 7.54. The highest BCUT2D eigenvalue weighted by Gasteiger charge is 2.40. The molecule has 1 atom stereocenters. The average molecular weight is 262 g/mol. The number of aromatic nitrogens is 1. The highest BCUT2D eigenvalue weighted by molar-refractivity contribution is 5.12. The van der Waals surface area contributed by atoms with Gasteiger partial charge in [-0.25, -0.2) is 0 Å². The molecule has 1 unspecified atom stereocenters. The minimum Gasteiger partial charge on any atom is -0.375 e. The van der Waals surface area contributed by atoms with E-state index >= 15 is 0 Å². The maximum atomic E-state index is 6.05. The van der Waals surface area contributed by atoms with Crippen molar-refractivity contribution in [3.63, 3.8) is 0 Å². The third-order valence-corrected chi connectivity index (χ3v) is 4.11. The average Bonchev–Trinajstić information content (AvgIpc) is 2.89. The van der Waals surface area contributed by atoms with Crippen molar-refractivity contribution in [3.05, 3.63) is 30.1 Å². The zero-order valence-electron chi connectivity index (χ0n) is 12.0. The molecule has 19 heavy (non-hydrogen) atoms. The fourth-order valence-electron chi connectivity index (χ4n) is 3.27. The molecule has 3 rings (SSSR count). The van der Waals surface area contributed by atoms with Crippen molar-refractivity contribution < 1.29 is 4.74 Å². The van der Waals surface area contributed by atoms with Crippen LogP contribution in [0.2, 0.25) is 0 Å². The van der Waals surface area contributed by atoms with Gasteiger partial charge in [0.2, 0.25) is 0 Å². The fourth-order valence-corrected chi connectivity index (χ4v) is 3.27. The second-order valence-electron chi connectivity index (χ2n) is 5.59. The van der Waals surface area contributed by atoms with Crippen LogP contribution in [0.4, 0.5) is 0 Å². The number of hydrogen-bond acceptors (Lipinski definition) is 3. The Morgan fingerprint density at radius 3 is 2.74 bits per heavy atom. The molecule has 1 aliphatic carbocycles. The molecular weight excluding hydrogens is 236 g/mol. The fraction of sp³-hybridized carbons (Fsp3) is 0.688. The Bertz CT molecular complexity index is 360. The van der Waals surface area contributed by atoms with Crippen LogP contribution in [-0.2, 0) is 4.74 Å². The van der Waals surface area contributed by atoms with Crippen molar-refractivity contribution in [1.82, 2.24) is 4.98 Å². The van der Waals surface area contributed by atoms with Gasteiger partial charge in [-0.15, -0.1) is 0 Å².